The van der Waals surface area contributed by atoms with Gasteiger partial charge in [-0.25, -0.2) is 23.4 Å². The molecule has 3 aromatic heterocycles. The largest absolute Gasteiger partial charge is 0.492 e. The van der Waals surface area contributed by atoms with Crippen molar-refractivity contribution in [1.29, 1.82) is 0 Å². The fourth-order valence-corrected chi connectivity index (χ4v) is 4.42. The van der Waals surface area contributed by atoms with Crippen molar-refractivity contribution in [2.24, 2.45) is 7.05 Å². The van der Waals surface area contributed by atoms with Crippen LogP contribution in [0.1, 0.15) is 34.8 Å². The second kappa shape index (κ2) is 8.17. The zero-order valence-electron chi connectivity index (χ0n) is 18.1. The third-order valence-electron chi connectivity index (χ3n) is 5.78. The van der Waals surface area contributed by atoms with Crippen molar-refractivity contribution >= 4 is 17.5 Å². The van der Waals surface area contributed by atoms with Gasteiger partial charge < -0.3 is 10.0 Å². The predicted octanol–water partition coefficient (Wildman–Crippen LogP) is 3.46. The first kappa shape index (κ1) is 22.0. The lowest BCUT2D eigenvalue weighted by molar-refractivity contribution is 0.0661. The Morgan fingerprint density at radius 2 is 1.88 bits per heavy atom. The van der Waals surface area contributed by atoms with Gasteiger partial charge in [-0.1, -0.05) is 11.6 Å². The molecule has 0 bridgehead atoms. The maximum absolute atomic E-state index is 13.8. The number of hydrogen-bond acceptors (Lipinski definition) is 6. The van der Waals surface area contributed by atoms with Gasteiger partial charge in [0.25, 0.3) is 5.91 Å². The predicted molar refractivity (Wildman–Crippen MR) is 118 cm³/mol. The van der Waals surface area contributed by atoms with Gasteiger partial charge >= 0.3 is 0 Å². The molecule has 5 rings (SSSR count). The highest BCUT2D eigenvalue weighted by molar-refractivity contribution is 6.30. The van der Waals surface area contributed by atoms with E-state index in [1.807, 2.05) is 6.92 Å². The average Bonchev–Trinajstić information content (AvgIpc) is 3.39. The van der Waals surface area contributed by atoms with Crippen LogP contribution >= 0.6 is 11.6 Å². The van der Waals surface area contributed by atoms with Crippen molar-refractivity contribution < 1.29 is 18.7 Å². The summed E-state index contributed by atoms with van der Waals surface area (Å²) in [5, 5.41) is 19.0. The number of halogens is 3. The molecule has 1 atom stereocenters. The molecule has 12 heteroatoms. The van der Waals surface area contributed by atoms with E-state index in [-0.39, 0.29) is 22.4 Å². The van der Waals surface area contributed by atoms with Crippen molar-refractivity contribution in [3.05, 3.63) is 70.5 Å². The molecule has 1 aliphatic heterocycles. The highest BCUT2D eigenvalue weighted by atomic mass is 35.5. The second-order valence-electron chi connectivity index (χ2n) is 7.93. The molecule has 1 amide bonds. The fourth-order valence-electron chi connectivity index (χ4n) is 4.27. The van der Waals surface area contributed by atoms with Crippen molar-refractivity contribution in [3.63, 3.8) is 0 Å². The lowest BCUT2D eigenvalue weighted by Gasteiger charge is -2.32. The monoisotopic (exact) mass is 485 g/mol. The van der Waals surface area contributed by atoms with E-state index in [1.165, 1.54) is 35.4 Å². The highest BCUT2D eigenvalue weighted by Crippen LogP contribution is 2.36. The summed E-state index contributed by atoms with van der Waals surface area (Å²) in [7, 11) is 1.70. The van der Waals surface area contributed by atoms with Crippen molar-refractivity contribution in [2.45, 2.75) is 19.4 Å². The standard InChI is InChI=1S/C22H18ClF2N7O2/c1-11-18-16(19(30(2)28-18)12-5-14(24)8-15(25)6-12)3-4-31(11)22(34)20-27-10-32(29-20)17-7-13(23)9-26-21(17)33/h5-11H,3-4H2,1-2H3,(H,26,33)/t11-/m1/s1. The number of fused-ring (bicyclic) bond motifs is 1. The normalized spacial score (nSPS) is 15.4. The number of hydrogen-bond donors (Lipinski definition) is 1. The van der Waals surface area contributed by atoms with Gasteiger partial charge in [0.05, 0.1) is 22.5 Å². The summed E-state index contributed by atoms with van der Waals surface area (Å²) in [6.45, 7) is 2.16. The Bertz CT molecular complexity index is 1410. The molecule has 4 heterocycles. The summed E-state index contributed by atoms with van der Waals surface area (Å²) in [5.41, 5.74) is 2.65. The molecule has 9 nitrogen and oxygen atoms in total. The maximum atomic E-state index is 13.8. The maximum Gasteiger partial charge on any atom is 0.294 e. The van der Waals surface area contributed by atoms with Gasteiger partial charge in [-0.3, -0.25) is 9.48 Å². The van der Waals surface area contributed by atoms with Crippen LogP contribution in [-0.2, 0) is 13.5 Å². The van der Waals surface area contributed by atoms with Crippen molar-refractivity contribution in [1.82, 2.24) is 34.4 Å². The minimum absolute atomic E-state index is 0.0713. The minimum atomic E-state index is -0.673. The van der Waals surface area contributed by atoms with Gasteiger partial charge in [0.2, 0.25) is 11.7 Å². The van der Waals surface area contributed by atoms with E-state index in [9.17, 15) is 18.7 Å². The lowest BCUT2D eigenvalue weighted by Crippen LogP contribution is -2.39. The average molecular weight is 486 g/mol. The topological polar surface area (TPSA) is 102 Å². The third-order valence-corrected chi connectivity index (χ3v) is 5.99. The zero-order valence-corrected chi connectivity index (χ0v) is 18.8. The molecule has 0 unspecified atom stereocenters. The van der Waals surface area contributed by atoms with E-state index >= 15 is 0 Å². The summed E-state index contributed by atoms with van der Waals surface area (Å²) in [6.07, 6.45) is 3.01. The number of benzene rings is 1. The Kier molecular flexibility index (Phi) is 5.28. The number of aromatic hydroxyl groups is 1. The summed E-state index contributed by atoms with van der Waals surface area (Å²) in [6, 6.07) is 4.37. The molecule has 1 aromatic carbocycles. The number of aromatic nitrogens is 6. The Hall–Kier alpha value is -3.86. The van der Waals surface area contributed by atoms with Gasteiger partial charge in [0.1, 0.15) is 23.6 Å². The van der Waals surface area contributed by atoms with Crippen molar-refractivity contribution in [2.75, 3.05) is 6.54 Å². The van der Waals surface area contributed by atoms with Crippen LogP contribution in [-0.4, -0.2) is 52.0 Å². The minimum Gasteiger partial charge on any atom is -0.492 e. The molecule has 0 saturated heterocycles. The molecular weight excluding hydrogens is 468 g/mol. The molecule has 0 aliphatic carbocycles. The summed E-state index contributed by atoms with van der Waals surface area (Å²) in [4.78, 5) is 22.7. The Labute approximate surface area is 197 Å². The van der Waals surface area contributed by atoms with Gasteiger partial charge in [0, 0.05) is 37.0 Å². The summed E-state index contributed by atoms with van der Waals surface area (Å²) >= 11 is 5.94. The molecule has 1 aliphatic rings. The van der Waals surface area contributed by atoms with E-state index in [4.69, 9.17) is 11.6 Å². The van der Waals surface area contributed by atoms with Crippen molar-refractivity contribution in [3.8, 4) is 22.8 Å². The number of pyridine rings is 1. The highest BCUT2D eigenvalue weighted by Gasteiger charge is 2.34. The molecular formula is C22H18ClF2N7O2. The number of nitrogens with zero attached hydrogens (tertiary/aromatic N) is 7. The zero-order chi connectivity index (χ0) is 24.1. The molecule has 0 spiro atoms. The lowest BCUT2D eigenvalue weighted by atomic mass is 9.95. The van der Waals surface area contributed by atoms with Crippen LogP contribution < -0.4 is 0 Å². The fraction of sp³-hybridized carbons (Fsp3) is 0.227. The Morgan fingerprint density at radius 3 is 2.62 bits per heavy atom. The van der Waals surface area contributed by atoms with Crippen LogP contribution in [0, 0.1) is 11.6 Å². The van der Waals surface area contributed by atoms with E-state index < -0.39 is 23.6 Å². The molecule has 0 radical (unpaired) electrons. The Balaban J connectivity index is 1.45. The number of amides is 1. The second-order valence-corrected chi connectivity index (χ2v) is 8.36. The van der Waals surface area contributed by atoms with E-state index in [2.05, 4.69) is 20.2 Å². The quantitative estimate of drug-likeness (QED) is 0.477. The van der Waals surface area contributed by atoms with E-state index in [1.54, 1.807) is 16.6 Å². The van der Waals surface area contributed by atoms with Crippen LogP contribution in [0.5, 0.6) is 5.88 Å². The first-order valence-corrected chi connectivity index (χ1v) is 10.7. The first-order valence-electron chi connectivity index (χ1n) is 10.3. The van der Waals surface area contributed by atoms with Crippen LogP contribution in [0.3, 0.4) is 0 Å². The molecule has 0 saturated carbocycles. The number of aryl methyl sites for hydroxylation is 1. The van der Waals surface area contributed by atoms with E-state index in [0.717, 1.165) is 11.6 Å². The molecule has 34 heavy (non-hydrogen) atoms. The van der Waals surface area contributed by atoms with Crippen LogP contribution in [0.4, 0.5) is 8.78 Å². The van der Waals surface area contributed by atoms with Gasteiger partial charge in [-0.15, -0.1) is 5.10 Å². The van der Waals surface area contributed by atoms with Crippen LogP contribution in [0.25, 0.3) is 16.9 Å². The van der Waals surface area contributed by atoms with Gasteiger partial charge in [0.15, 0.2) is 0 Å². The number of rotatable bonds is 3. The SMILES string of the molecule is C[C@@H]1c2nn(C)c(-c3cc(F)cc(F)c3)c2CCN1C(=O)c1ncn(-c2cc(Cl)cnc2O)n1. The van der Waals surface area contributed by atoms with Crippen LogP contribution in [0.2, 0.25) is 5.02 Å². The smallest absolute Gasteiger partial charge is 0.294 e. The van der Waals surface area contributed by atoms with Crippen LogP contribution in [0.15, 0.2) is 36.8 Å². The molecule has 1 N–H and O–H groups in total. The third kappa shape index (κ3) is 3.67. The first-order chi connectivity index (χ1) is 16.2. The molecule has 174 valence electrons. The molecule has 4 aromatic rings. The van der Waals surface area contributed by atoms with Gasteiger partial charge in [-0.05, 0) is 31.5 Å². The number of carbonyl (C=O) groups excluding carboxylic acids is 1. The Morgan fingerprint density at radius 1 is 1.15 bits per heavy atom. The number of carbonyl (C=O) groups is 1. The summed E-state index contributed by atoms with van der Waals surface area (Å²) < 4.78 is 30.4. The summed E-state index contributed by atoms with van der Waals surface area (Å²) in [5.74, 6) is -2.14. The van der Waals surface area contributed by atoms with Gasteiger partial charge in [-0.2, -0.15) is 5.10 Å². The molecule has 0 fully saturated rings. The van der Waals surface area contributed by atoms with E-state index in [0.29, 0.717) is 29.9 Å².